The fourth-order valence-electron chi connectivity index (χ4n) is 1.94. The van der Waals surface area contributed by atoms with Gasteiger partial charge in [0.1, 0.15) is 11.6 Å². The first-order chi connectivity index (χ1) is 8.83. The third-order valence-corrected chi connectivity index (χ3v) is 2.79. The summed E-state index contributed by atoms with van der Waals surface area (Å²) in [5.74, 6) is 0. The zero-order chi connectivity index (χ0) is 14.5. The number of carbonyl (C=O) groups excluding carboxylic acids is 1. The van der Waals surface area contributed by atoms with Crippen LogP contribution in [-0.2, 0) is 9.47 Å². The van der Waals surface area contributed by atoms with Crippen LogP contribution in [0.15, 0.2) is 0 Å². The van der Waals surface area contributed by atoms with E-state index in [0.717, 1.165) is 0 Å². The van der Waals surface area contributed by atoms with Crippen molar-refractivity contribution in [1.82, 2.24) is 10.2 Å². The van der Waals surface area contributed by atoms with E-state index in [2.05, 4.69) is 11.4 Å². The normalized spacial score (nSPS) is 20.2. The quantitative estimate of drug-likeness (QED) is 0.831. The van der Waals surface area contributed by atoms with Crippen molar-refractivity contribution in [3.63, 3.8) is 0 Å². The summed E-state index contributed by atoms with van der Waals surface area (Å²) < 4.78 is 10.4. The third kappa shape index (κ3) is 5.45. The Morgan fingerprint density at radius 1 is 1.42 bits per heavy atom. The third-order valence-electron chi connectivity index (χ3n) is 2.79. The van der Waals surface area contributed by atoms with Crippen LogP contribution in [0.2, 0.25) is 0 Å². The first kappa shape index (κ1) is 15.7. The number of hydrogen-bond donors (Lipinski definition) is 1. The minimum atomic E-state index is -0.537. The molecule has 2 unspecified atom stereocenters. The smallest absolute Gasteiger partial charge is 0.407 e. The molecule has 1 saturated heterocycles. The molecule has 1 heterocycles. The Hall–Kier alpha value is -1.32. The summed E-state index contributed by atoms with van der Waals surface area (Å²) in [6, 6.07) is 1.58. The van der Waals surface area contributed by atoms with Gasteiger partial charge in [0.15, 0.2) is 0 Å². The molecule has 1 aliphatic heterocycles. The molecule has 0 aromatic carbocycles. The maximum Gasteiger partial charge on any atom is 0.407 e. The lowest BCUT2D eigenvalue weighted by Gasteiger charge is -2.34. The van der Waals surface area contributed by atoms with Gasteiger partial charge in [0.2, 0.25) is 0 Å². The minimum Gasteiger partial charge on any atom is -0.444 e. The maximum atomic E-state index is 11.7. The van der Waals surface area contributed by atoms with Crippen LogP contribution < -0.4 is 5.32 Å². The van der Waals surface area contributed by atoms with Gasteiger partial charge in [-0.25, -0.2) is 4.79 Å². The van der Waals surface area contributed by atoms with Crippen molar-refractivity contribution < 1.29 is 14.3 Å². The highest BCUT2D eigenvalue weighted by atomic mass is 16.6. The summed E-state index contributed by atoms with van der Waals surface area (Å²) in [5, 5.41) is 12.0. The van der Waals surface area contributed by atoms with E-state index in [1.54, 1.807) is 20.8 Å². The zero-order valence-electron chi connectivity index (χ0n) is 12.1. The number of morpholine rings is 1. The molecule has 2 atom stereocenters. The van der Waals surface area contributed by atoms with Gasteiger partial charge in [0.25, 0.3) is 0 Å². The van der Waals surface area contributed by atoms with Crippen molar-refractivity contribution in [2.45, 2.75) is 45.4 Å². The molecule has 6 nitrogen and oxygen atoms in total. The number of hydrogen-bond acceptors (Lipinski definition) is 5. The lowest BCUT2D eigenvalue weighted by molar-refractivity contribution is 0.0178. The average molecular weight is 269 g/mol. The second kappa shape index (κ2) is 6.73. The topological polar surface area (TPSA) is 74.6 Å². The first-order valence-corrected chi connectivity index (χ1v) is 6.54. The van der Waals surface area contributed by atoms with Gasteiger partial charge in [-0.2, -0.15) is 5.26 Å². The number of alkyl carbamates (subject to hydrolysis) is 1. The largest absolute Gasteiger partial charge is 0.444 e. The first-order valence-electron chi connectivity index (χ1n) is 6.54. The minimum absolute atomic E-state index is 0.294. The Labute approximate surface area is 114 Å². The standard InChI is InChI=1S/C13H23N3O3/c1-10(15-12(17)19-13(2,3)4)11(9-14)16-5-7-18-8-6-16/h10-11H,5-8H2,1-4H3,(H,15,17). The lowest BCUT2D eigenvalue weighted by Crippen LogP contribution is -2.53. The summed E-state index contributed by atoms with van der Waals surface area (Å²) in [6.07, 6.45) is -0.492. The summed E-state index contributed by atoms with van der Waals surface area (Å²) in [5.41, 5.74) is -0.537. The number of nitrogens with zero attached hydrogens (tertiary/aromatic N) is 2. The summed E-state index contributed by atoms with van der Waals surface area (Å²) in [7, 11) is 0. The highest BCUT2D eigenvalue weighted by Crippen LogP contribution is 2.10. The van der Waals surface area contributed by atoms with E-state index in [9.17, 15) is 10.1 Å². The van der Waals surface area contributed by atoms with Gasteiger partial charge < -0.3 is 14.8 Å². The predicted molar refractivity (Wildman–Crippen MR) is 70.6 cm³/mol. The lowest BCUT2D eigenvalue weighted by atomic mass is 10.1. The van der Waals surface area contributed by atoms with E-state index in [-0.39, 0.29) is 12.1 Å². The molecule has 6 heteroatoms. The van der Waals surface area contributed by atoms with Gasteiger partial charge in [-0.05, 0) is 27.7 Å². The van der Waals surface area contributed by atoms with E-state index < -0.39 is 11.7 Å². The van der Waals surface area contributed by atoms with E-state index in [0.29, 0.717) is 26.3 Å². The highest BCUT2D eigenvalue weighted by Gasteiger charge is 2.28. The summed E-state index contributed by atoms with van der Waals surface area (Å²) >= 11 is 0. The number of ether oxygens (including phenoxy) is 2. The molecule has 0 saturated carbocycles. The van der Waals surface area contributed by atoms with Crippen LogP contribution in [-0.4, -0.2) is 55.0 Å². The van der Waals surface area contributed by atoms with E-state index in [1.807, 2.05) is 11.8 Å². The molecular formula is C13H23N3O3. The van der Waals surface area contributed by atoms with Gasteiger partial charge in [-0.15, -0.1) is 0 Å². The molecule has 108 valence electrons. The maximum absolute atomic E-state index is 11.7. The molecule has 1 rings (SSSR count). The molecule has 0 aromatic heterocycles. The zero-order valence-corrected chi connectivity index (χ0v) is 12.1. The van der Waals surface area contributed by atoms with Crippen LogP contribution in [0.25, 0.3) is 0 Å². The van der Waals surface area contributed by atoms with Crippen LogP contribution in [0, 0.1) is 11.3 Å². The van der Waals surface area contributed by atoms with Crippen molar-refractivity contribution in [2.24, 2.45) is 0 Å². The molecule has 0 spiro atoms. The Morgan fingerprint density at radius 3 is 2.47 bits per heavy atom. The Kier molecular flexibility index (Phi) is 5.58. The number of nitriles is 1. The van der Waals surface area contributed by atoms with Crippen molar-refractivity contribution in [2.75, 3.05) is 26.3 Å². The van der Waals surface area contributed by atoms with Crippen LogP contribution in [0.3, 0.4) is 0 Å². The Morgan fingerprint density at radius 2 is 2.00 bits per heavy atom. The van der Waals surface area contributed by atoms with Crippen molar-refractivity contribution in [3.8, 4) is 6.07 Å². The molecule has 1 fully saturated rings. The number of nitrogens with one attached hydrogen (secondary N) is 1. The fourth-order valence-corrected chi connectivity index (χ4v) is 1.94. The molecule has 0 aliphatic carbocycles. The van der Waals surface area contributed by atoms with Gasteiger partial charge in [-0.3, -0.25) is 4.90 Å². The molecule has 0 bridgehead atoms. The molecule has 19 heavy (non-hydrogen) atoms. The second-order valence-corrected chi connectivity index (χ2v) is 5.66. The van der Waals surface area contributed by atoms with Crippen molar-refractivity contribution in [3.05, 3.63) is 0 Å². The molecule has 0 aromatic rings. The molecular weight excluding hydrogens is 246 g/mol. The van der Waals surface area contributed by atoms with Crippen LogP contribution in [0.4, 0.5) is 4.79 Å². The number of carbonyl (C=O) groups is 1. The van der Waals surface area contributed by atoms with Gasteiger partial charge >= 0.3 is 6.09 Å². The second-order valence-electron chi connectivity index (χ2n) is 5.66. The van der Waals surface area contributed by atoms with Crippen LogP contribution in [0.1, 0.15) is 27.7 Å². The summed E-state index contributed by atoms with van der Waals surface area (Å²) in [4.78, 5) is 13.7. The fraction of sp³-hybridized carbons (Fsp3) is 0.846. The number of rotatable bonds is 3. The SMILES string of the molecule is CC(NC(=O)OC(C)(C)C)C(C#N)N1CCOCC1. The Bertz CT molecular complexity index is 340. The monoisotopic (exact) mass is 269 g/mol. The predicted octanol–water partition coefficient (Wildman–Crippen LogP) is 1.12. The highest BCUT2D eigenvalue weighted by molar-refractivity contribution is 5.68. The Balaban J connectivity index is 2.52. The van der Waals surface area contributed by atoms with E-state index >= 15 is 0 Å². The molecule has 1 aliphatic rings. The van der Waals surface area contributed by atoms with Gasteiger partial charge in [0.05, 0.1) is 25.3 Å². The van der Waals surface area contributed by atoms with Crippen LogP contribution >= 0.6 is 0 Å². The number of amides is 1. The molecule has 1 N–H and O–H groups in total. The van der Waals surface area contributed by atoms with Gasteiger partial charge in [0, 0.05) is 13.1 Å². The molecule has 1 amide bonds. The van der Waals surface area contributed by atoms with E-state index in [1.165, 1.54) is 0 Å². The van der Waals surface area contributed by atoms with Crippen molar-refractivity contribution in [1.29, 1.82) is 5.26 Å². The van der Waals surface area contributed by atoms with E-state index in [4.69, 9.17) is 9.47 Å². The van der Waals surface area contributed by atoms with Crippen LogP contribution in [0.5, 0.6) is 0 Å². The summed E-state index contributed by atoms with van der Waals surface area (Å²) in [6.45, 7) is 9.89. The average Bonchev–Trinajstić information content (AvgIpc) is 2.28. The molecule has 0 radical (unpaired) electrons. The van der Waals surface area contributed by atoms with Crippen molar-refractivity contribution >= 4 is 6.09 Å². The van der Waals surface area contributed by atoms with Gasteiger partial charge in [-0.1, -0.05) is 0 Å².